The molecule has 96 valence electrons. The van der Waals surface area contributed by atoms with E-state index >= 15 is 0 Å². The number of hydrogen-bond acceptors (Lipinski definition) is 2. The molecule has 1 saturated carbocycles. The molecule has 0 radical (unpaired) electrons. The minimum Gasteiger partial charge on any atom is -0.328 e. The lowest BCUT2D eigenvalue weighted by atomic mass is 10.0. The standard InChI is InChI=1S/C14H30N2/c1-11(6-5-7-13(3)15)9-16(4)10-14-8-12(14)2/h11-14H,5-10,15H2,1-4H3. The average molecular weight is 226 g/mol. The highest BCUT2D eigenvalue weighted by Gasteiger charge is 2.33. The molecule has 0 saturated heterocycles. The molecule has 2 nitrogen and oxygen atoms in total. The molecule has 1 rings (SSSR count). The first-order valence-corrected chi connectivity index (χ1v) is 6.93. The Morgan fingerprint density at radius 2 is 1.94 bits per heavy atom. The molecule has 0 heterocycles. The molecule has 0 aromatic rings. The molecule has 0 aromatic carbocycles. The second-order valence-electron chi connectivity index (χ2n) is 6.21. The van der Waals surface area contributed by atoms with Crippen LogP contribution in [0.25, 0.3) is 0 Å². The van der Waals surface area contributed by atoms with Gasteiger partial charge in [0.2, 0.25) is 0 Å². The minimum absolute atomic E-state index is 0.372. The van der Waals surface area contributed by atoms with Gasteiger partial charge in [0.15, 0.2) is 0 Å². The SMILES string of the molecule is CC(N)CCCC(C)CN(C)CC1CC1C. The molecule has 4 atom stereocenters. The fraction of sp³-hybridized carbons (Fsp3) is 1.00. The number of nitrogens with zero attached hydrogens (tertiary/aromatic N) is 1. The van der Waals surface area contributed by atoms with Gasteiger partial charge < -0.3 is 10.6 Å². The summed E-state index contributed by atoms with van der Waals surface area (Å²) in [6, 6.07) is 0.372. The van der Waals surface area contributed by atoms with Gasteiger partial charge in [-0.05, 0) is 51.0 Å². The Bertz CT molecular complexity index is 191. The molecule has 0 aliphatic heterocycles. The van der Waals surface area contributed by atoms with Gasteiger partial charge in [0.25, 0.3) is 0 Å². The van der Waals surface area contributed by atoms with Crippen LogP contribution in [0.4, 0.5) is 0 Å². The van der Waals surface area contributed by atoms with Gasteiger partial charge in [-0.15, -0.1) is 0 Å². The highest BCUT2D eigenvalue weighted by Crippen LogP contribution is 2.38. The zero-order valence-electron chi connectivity index (χ0n) is 11.6. The third kappa shape index (κ3) is 5.86. The van der Waals surface area contributed by atoms with Crippen LogP contribution in [-0.4, -0.2) is 31.1 Å². The van der Waals surface area contributed by atoms with E-state index < -0.39 is 0 Å². The molecule has 0 amide bonds. The second-order valence-corrected chi connectivity index (χ2v) is 6.21. The van der Waals surface area contributed by atoms with Gasteiger partial charge in [-0.1, -0.05) is 20.3 Å². The predicted octanol–water partition coefficient (Wildman–Crippen LogP) is 2.73. The summed E-state index contributed by atoms with van der Waals surface area (Å²) in [5.74, 6) is 2.79. The van der Waals surface area contributed by atoms with Crippen molar-refractivity contribution in [2.24, 2.45) is 23.5 Å². The Kier molecular flexibility index (Phi) is 5.77. The summed E-state index contributed by atoms with van der Waals surface area (Å²) >= 11 is 0. The Labute approximate surface area is 102 Å². The summed E-state index contributed by atoms with van der Waals surface area (Å²) < 4.78 is 0. The predicted molar refractivity (Wildman–Crippen MR) is 71.4 cm³/mol. The van der Waals surface area contributed by atoms with Crippen LogP contribution < -0.4 is 5.73 Å². The highest BCUT2D eigenvalue weighted by molar-refractivity contribution is 4.84. The molecule has 0 aromatic heterocycles. The van der Waals surface area contributed by atoms with E-state index in [0.717, 1.165) is 17.8 Å². The van der Waals surface area contributed by atoms with E-state index in [2.05, 4.69) is 32.7 Å². The van der Waals surface area contributed by atoms with Crippen molar-refractivity contribution < 1.29 is 0 Å². The molecule has 4 unspecified atom stereocenters. The van der Waals surface area contributed by atoms with Gasteiger partial charge in [-0.25, -0.2) is 0 Å². The molecule has 0 spiro atoms. The van der Waals surface area contributed by atoms with E-state index in [1.807, 2.05) is 0 Å². The van der Waals surface area contributed by atoms with Gasteiger partial charge in [0.05, 0.1) is 0 Å². The van der Waals surface area contributed by atoms with Crippen LogP contribution >= 0.6 is 0 Å². The number of rotatable bonds is 8. The summed E-state index contributed by atoms with van der Waals surface area (Å²) in [6.07, 6.45) is 5.23. The normalized spacial score (nSPS) is 28.1. The Morgan fingerprint density at radius 1 is 1.31 bits per heavy atom. The second kappa shape index (κ2) is 6.61. The molecule has 1 aliphatic rings. The fourth-order valence-electron chi connectivity index (χ4n) is 2.54. The molecule has 1 fully saturated rings. The Morgan fingerprint density at radius 3 is 2.44 bits per heavy atom. The first-order valence-electron chi connectivity index (χ1n) is 6.93. The van der Waals surface area contributed by atoms with Gasteiger partial charge in [-0.2, -0.15) is 0 Å². The first kappa shape index (κ1) is 14.0. The number of nitrogens with two attached hydrogens (primary N) is 1. The maximum Gasteiger partial charge on any atom is 0.00104 e. The highest BCUT2D eigenvalue weighted by atomic mass is 15.1. The van der Waals surface area contributed by atoms with Crippen molar-refractivity contribution >= 4 is 0 Å². The zero-order valence-corrected chi connectivity index (χ0v) is 11.6. The number of hydrogen-bond donors (Lipinski definition) is 1. The van der Waals surface area contributed by atoms with E-state index in [1.165, 1.54) is 38.8 Å². The third-order valence-corrected chi connectivity index (χ3v) is 3.80. The van der Waals surface area contributed by atoms with Crippen molar-refractivity contribution in [3.8, 4) is 0 Å². The van der Waals surface area contributed by atoms with Crippen LogP contribution in [-0.2, 0) is 0 Å². The van der Waals surface area contributed by atoms with Crippen LogP contribution in [0, 0.1) is 17.8 Å². The molecule has 1 aliphatic carbocycles. The minimum atomic E-state index is 0.372. The summed E-state index contributed by atoms with van der Waals surface area (Å²) in [5.41, 5.74) is 5.76. The van der Waals surface area contributed by atoms with Gasteiger partial charge in [0, 0.05) is 19.1 Å². The molecule has 16 heavy (non-hydrogen) atoms. The van der Waals surface area contributed by atoms with Gasteiger partial charge >= 0.3 is 0 Å². The lowest BCUT2D eigenvalue weighted by Gasteiger charge is -2.21. The average Bonchev–Trinajstić information content (AvgIpc) is 2.80. The van der Waals surface area contributed by atoms with Crippen LogP contribution in [0.1, 0.15) is 46.5 Å². The Hall–Kier alpha value is -0.0800. The first-order chi connectivity index (χ1) is 7.49. The van der Waals surface area contributed by atoms with Gasteiger partial charge in [0.1, 0.15) is 0 Å². The zero-order chi connectivity index (χ0) is 12.1. The van der Waals surface area contributed by atoms with Crippen molar-refractivity contribution in [3.63, 3.8) is 0 Å². The molecular weight excluding hydrogens is 196 g/mol. The lowest BCUT2D eigenvalue weighted by Crippen LogP contribution is -2.27. The lowest BCUT2D eigenvalue weighted by molar-refractivity contribution is 0.261. The summed E-state index contributed by atoms with van der Waals surface area (Å²) in [4.78, 5) is 2.52. The van der Waals surface area contributed by atoms with Gasteiger partial charge in [-0.3, -0.25) is 0 Å². The van der Waals surface area contributed by atoms with E-state index in [-0.39, 0.29) is 0 Å². The third-order valence-electron chi connectivity index (χ3n) is 3.80. The smallest absolute Gasteiger partial charge is 0.00104 e. The molecule has 2 heteroatoms. The van der Waals surface area contributed by atoms with E-state index in [9.17, 15) is 0 Å². The van der Waals surface area contributed by atoms with Crippen molar-refractivity contribution in [1.82, 2.24) is 4.90 Å². The van der Waals surface area contributed by atoms with Crippen LogP contribution in [0.5, 0.6) is 0 Å². The van der Waals surface area contributed by atoms with Crippen LogP contribution in [0.2, 0.25) is 0 Å². The van der Waals surface area contributed by atoms with E-state index in [4.69, 9.17) is 5.73 Å². The maximum atomic E-state index is 5.76. The van der Waals surface area contributed by atoms with Crippen LogP contribution in [0.3, 0.4) is 0 Å². The molecule has 0 bridgehead atoms. The summed E-state index contributed by atoms with van der Waals surface area (Å²) in [7, 11) is 2.27. The van der Waals surface area contributed by atoms with Crippen molar-refractivity contribution in [2.75, 3.05) is 20.1 Å². The fourth-order valence-corrected chi connectivity index (χ4v) is 2.54. The summed E-state index contributed by atoms with van der Waals surface area (Å²) in [6.45, 7) is 9.39. The van der Waals surface area contributed by atoms with E-state index in [1.54, 1.807) is 0 Å². The van der Waals surface area contributed by atoms with Crippen molar-refractivity contribution in [3.05, 3.63) is 0 Å². The van der Waals surface area contributed by atoms with E-state index in [0.29, 0.717) is 6.04 Å². The van der Waals surface area contributed by atoms with Crippen molar-refractivity contribution in [2.45, 2.75) is 52.5 Å². The Balaban J connectivity index is 2.01. The summed E-state index contributed by atoms with van der Waals surface area (Å²) in [5, 5.41) is 0. The monoisotopic (exact) mass is 226 g/mol. The molecule has 2 N–H and O–H groups in total. The topological polar surface area (TPSA) is 29.3 Å². The van der Waals surface area contributed by atoms with Crippen LogP contribution in [0.15, 0.2) is 0 Å². The maximum absolute atomic E-state index is 5.76. The largest absolute Gasteiger partial charge is 0.328 e. The quantitative estimate of drug-likeness (QED) is 0.689. The van der Waals surface area contributed by atoms with Crippen molar-refractivity contribution in [1.29, 1.82) is 0 Å². The molecular formula is C14H30N2.